The number of aromatic nitrogens is 2. The number of carbonyl (C=O) groups excluding carboxylic acids is 1. The fourth-order valence-electron chi connectivity index (χ4n) is 2.92. The first-order chi connectivity index (χ1) is 10.7. The molecule has 2 rings (SSSR count). The molecule has 1 fully saturated rings. The van der Waals surface area contributed by atoms with Gasteiger partial charge in [-0.1, -0.05) is 0 Å². The van der Waals surface area contributed by atoms with Gasteiger partial charge in [0.15, 0.2) is 0 Å². The Balaban J connectivity index is 2.02. The van der Waals surface area contributed by atoms with Crippen LogP contribution in [0, 0.1) is 6.92 Å². The number of carbonyl (C=O) groups is 1. The highest BCUT2D eigenvalue weighted by atomic mass is 16.3. The van der Waals surface area contributed by atoms with E-state index in [1.54, 1.807) is 18.7 Å². The summed E-state index contributed by atoms with van der Waals surface area (Å²) in [6, 6.07) is 1.56. The monoisotopic (exact) mass is 321 g/mol. The van der Waals surface area contributed by atoms with Crippen molar-refractivity contribution in [3.8, 4) is 0 Å². The largest absolute Gasteiger partial charge is 0.388 e. The van der Waals surface area contributed by atoms with Gasteiger partial charge in [0.1, 0.15) is 0 Å². The summed E-state index contributed by atoms with van der Waals surface area (Å²) in [5.74, 6) is 0.629. The average Bonchev–Trinajstić information content (AvgIpc) is 2.93. The van der Waals surface area contributed by atoms with Gasteiger partial charge in [-0.05, 0) is 39.7 Å². The SMILES string of the molecule is Cc1cc(CNC(=O)N2CCC[C@@H]2C(C)(C)O)nc(N(C)C)n1. The Morgan fingerprint density at radius 1 is 1.48 bits per heavy atom. The molecule has 0 saturated carbocycles. The number of rotatable bonds is 4. The molecule has 1 aromatic rings. The number of aliphatic hydroxyl groups is 1. The summed E-state index contributed by atoms with van der Waals surface area (Å²) in [7, 11) is 3.77. The van der Waals surface area contributed by atoms with Crippen LogP contribution in [0.5, 0.6) is 0 Å². The number of amides is 2. The minimum Gasteiger partial charge on any atom is -0.388 e. The van der Waals surface area contributed by atoms with Crippen LogP contribution in [0.25, 0.3) is 0 Å². The van der Waals surface area contributed by atoms with E-state index in [0.717, 1.165) is 24.2 Å². The van der Waals surface area contributed by atoms with Crippen molar-refractivity contribution in [1.82, 2.24) is 20.2 Å². The number of nitrogens with zero attached hydrogens (tertiary/aromatic N) is 4. The lowest BCUT2D eigenvalue weighted by molar-refractivity contribution is 0.00978. The third kappa shape index (κ3) is 4.31. The molecular formula is C16H27N5O2. The van der Waals surface area contributed by atoms with Gasteiger partial charge in [0.2, 0.25) is 5.95 Å². The molecular weight excluding hydrogens is 294 g/mol. The summed E-state index contributed by atoms with van der Waals surface area (Å²) in [5.41, 5.74) is 0.745. The van der Waals surface area contributed by atoms with Gasteiger partial charge in [-0.25, -0.2) is 14.8 Å². The van der Waals surface area contributed by atoms with Crippen molar-refractivity contribution in [2.24, 2.45) is 0 Å². The van der Waals surface area contributed by atoms with Crippen LogP contribution >= 0.6 is 0 Å². The number of nitrogens with one attached hydrogen (secondary N) is 1. The highest BCUT2D eigenvalue weighted by Crippen LogP contribution is 2.26. The van der Waals surface area contributed by atoms with Crippen molar-refractivity contribution in [3.63, 3.8) is 0 Å². The lowest BCUT2D eigenvalue weighted by atomic mass is 9.97. The Bertz CT molecular complexity index is 568. The molecule has 1 saturated heterocycles. The van der Waals surface area contributed by atoms with Crippen LogP contribution in [0.4, 0.5) is 10.7 Å². The number of likely N-dealkylation sites (tertiary alicyclic amines) is 1. The van der Waals surface area contributed by atoms with E-state index in [9.17, 15) is 9.90 Å². The van der Waals surface area contributed by atoms with Crippen LogP contribution in [-0.4, -0.2) is 58.3 Å². The van der Waals surface area contributed by atoms with E-state index < -0.39 is 5.60 Å². The van der Waals surface area contributed by atoms with E-state index in [1.807, 2.05) is 32.0 Å². The summed E-state index contributed by atoms with van der Waals surface area (Å²) in [4.78, 5) is 24.8. The lowest BCUT2D eigenvalue weighted by Gasteiger charge is -2.33. The van der Waals surface area contributed by atoms with Crippen LogP contribution in [-0.2, 0) is 6.54 Å². The maximum atomic E-state index is 12.4. The van der Waals surface area contributed by atoms with E-state index in [1.165, 1.54) is 0 Å². The quantitative estimate of drug-likeness (QED) is 0.873. The van der Waals surface area contributed by atoms with Gasteiger partial charge < -0.3 is 20.2 Å². The van der Waals surface area contributed by atoms with Gasteiger partial charge in [0.05, 0.1) is 23.9 Å². The van der Waals surface area contributed by atoms with Crippen molar-refractivity contribution >= 4 is 12.0 Å². The van der Waals surface area contributed by atoms with Crippen molar-refractivity contribution in [2.45, 2.75) is 51.8 Å². The molecule has 2 heterocycles. The number of urea groups is 1. The summed E-state index contributed by atoms with van der Waals surface area (Å²) in [6.07, 6.45) is 1.74. The zero-order valence-electron chi connectivity index (χ0n) is 14.6. The highest BCUT2D eigenvalue weighted by molar-refractivity contribution is 5.75. The summed E-state index contributed by atoms with van der Waals surface area (Å²) in [6.45, 7) is 6.43. The highest BCUT2D eigenvalue weighted by Gasteiger charge is 2.38. The van der Waals surface area contributed by atoms with Crippen LogP contribution < -0.4 is 10.2 Å². The molecule has 0 spiro atoms. The first kappa shape index (κ1) is 17.5. The van der Waals surface area contributed by atoms with Gasteiger partial charge in [0.25, 0.3) is 0 Å². The topological polar surface area (TPSA) is 81.6 Å². The van der Waals surface area contributed by atoms with E-state index in [0.29, 0.717) is 19.0 Å². The smallest absolute Gasteiger partial charge is 0.318 e. The normalized spacial score (nSPS) is 18.2. The standard InChI is InChI=1S/C16H27N5O2/c1-11-9-12(19-14(18-11)20(4)5)10-17-15(22)21-8-6-7-13(21)16(2,3)23/h9,13,23H,6-8,10H2,1-5H3,(H,17,22)/t13-/m1/s1. The van der Waals surface area contributed by atoms with E-state index >= 15 is 0 Å². The maximum absolute atomic E-state index is 12.4. The second-order valence-electron chi connectivity index (χ2n) is 6.86. The van der Waals surface area contributed by atoms with Crippen LogP contribution in [0.1, 0.15) is 38.1 Å². The summed E-state index contributed by atoms with van der Waals surface area (Å²) in [5, 5.41) is 13.1. The van der Waals surface area contributed by atoms with Crippen LogP contribution in [0.3, 0.4) is 0 Å². The second-order valence-corrected chi connectivity index (χ2v) is 6.86. The third-order valence-corrected chi connectivity index (χ3v) is 4.05. The number of anilines is 1. The molecule has 0 radical (unpaired) electrons. The van der Waals surface area contributed by atoms with Gasteiger partial charge >= 0.3 is 6.03 Å². The molecule has 0 aliphatic carbocycles. The molecule has 1 aliphatic heterocycles. The molecule has 128 valence electrons. The predicted molar refractivity (Wildman–Crippen MR) is 89.4 cm³/mol. The molecule has 7 nitrogen and oxygen atoms in total. The first-order valence-corrected chi connectivity index (χ1v) is 7.97. The zero-order chi connectivity index (χ0) is 17.2. The molecule has 1 aromatic heterocycles. The second kappa shape index (κ2) is 6.70. The summed E-state index contributed by atoms with van der Waals surface area (Å²) >= 11 is 0. The Kier molecular flexibility index (Phi) is 5.09. The average molecular weight is 321 g/mol. The van der Waals surface area contributed by atoms with Crippen molar-refractivity contribution in [2.75, 3.05) is 25.5 Å². The molecule has 0 unspecified atom stereocenters. The van der Waals surface area contributed by atoms with Gasteiger partial charge in [-0.15, -0.1) is 0 Å². The predicted octanol–water partition coefficient (Wildman–Crippen LogP) is 1.30. The molecule has 0 bridgehead atoms. The van der Waals surface area contributed by atoms with Crippen LogP contribution in [0.2, 0.25) is 0 Å². The van der Waals surface area contributed by atoms with Crippen molar-refractivity contribution in [3.05, 3.63) is 17.5 Å². The van der Waals surface area contributed by atoms with Crippen LogP contribution in [0.15, 0.2) is 6.07 Å². The maximum Gasteiger partial charge on any atom is 0.318 e. The minimum absolute atomic E-state index is 0.146. The molecule has 7 heteroatoms. The van der Waals surface area contributed by atoms with E-state index in [-0.39, 0.29) is 12.1 Å². The Labute approximate surface area is 137 Å². The molecule has 1 atom stereocenters. The fourth-order valence-corrected chi connectivity index (χ4v) is 2.92. The number of hydrogen-bond acceptors (Lipinski definition) is 5. The van der Waals surface area contributed by atoms with Gasteiger partial charge in [-0.3, -0.25) is 0 Å². The fraction of sp³-hybridized carbons (Fsp3) is 0.688. The van der Waals surface area contributed by atoms with Crippen molar-refractivity contribution in [1.29, 1.82) is 0 Å². The zero-order valence-corrected chi connectivity index (χ0v) is 14.6. The number of aryl methyl sites for hydroxylation is 1. The Morgan fingerprint density at radius 2 is 2.17 bits per heavy atom. The molecule has 1 aliphatic rings. The molecule has 2 N–H and O–H groups in total. The molecule has 2 amide bonds. The Hall–Kier alpha value is -1.89. The lowest BCUT2D eigenvalue weighted by Crippen LogP contribution is -2.51. The van der Waals surface area contributed by atoms with Gasteiger partial charge in [0, 0.05) is 26.3 Å². The van der Waals surface area contributed by atoms with E-state index in [4.69, 9.17) is 0 Å². The molecule has 0 aromatic carbocycles. The number of hydrogen-bond donors (Lipinski definition) is 2. The summed E-state index contributed by atoms with van der Waals surface area (Å²) < 4.78 is 0. The molecule has 23 heavy (non-hydrogen) atoms. The van der Waals surface area contributed by atoms with Crippen molar-refractivity contribution < 1.29 is 9.90 Å². The van der Waals surface area contributed by atoms with Gasteiger partial charge in [-0.2, -0.15) is 0 Å². The van der Waals surface area contributed by atoms with E-state index in [2.05, 4.69) is 15.3 Å². The first-order valence-electron chi connectivity index (χ1n) is 7.97. The third-order valence-electron chi connectivity index (χ3n) is 4.05. The Morgan fingerprint density at radius 3 is 2.78 bits per heavy atom. The minimum atomic E-state index is -0.891.